The van der Waals surface area contributed by atoms with Crippen molar-refractivity contribution >= 4 is 40.9 Å². The molecule has 6 nitrogen and oxygen atoms in total. The molecule has 3 aromatic carbocycles. The molecule has 0 bridgehead atoms. The van der Waals surface area contributed by atoms with E-state index in [0.717, 1.165) is 16.8 Å². The molecule has 2 amide bonds. The van der Waals surface area contributed by atoms with Gasteiger partial charge < -0.3 is 15.4 Å². The number of hydrogen-bond acceptors (Lipinski definition) is 4. The van der Waals surface area contributed by atoms with Gasteiger partial charge in [0.2, 0.25) is 0 Å². The summed E-state index contributed by atoms with van der Waals surface area (Å²) >= 11 is 6.29. The molecular formula is C26H22ClN3O3. The highest BCUT2D eigenvalue weighted by atomic mass is 35.5. The minimum atomic E-state index is -0.525. The fourth-order valence-electron chi connectivity index (χ4n) is 2.98. The van der Waals surface area contributed by atoms with Gasteiger partial charge in [0.25, 0.3) is 11.8 Å². The molecule has 0 unspecified atom stereocenters. The van der Waals surface area contributed by atoms with Crippen LogP contribution >= 0.6 is 11.6 Å². The number of aryl methyl sites for hydroxylation is 1. The molecule has 0 aliphatic rings. The average molecular weight is 460 g/mol. The van der Waals surface area contributed by atoms with E-state index in [9.17, 15) is 14.9 Å². The van der Waals surface area contributed by atoms with Crippen molar-refractivity contribution in [2.75, 3.05) is 17.2 Å². The number of nitriles is 1. The van der Waals surface area contributed by atoms with Gasteiger partial charge in [0, 0.05) is 11.4 Å². The summed E-state index contributed by atoms with van der Waals surface area (Å²) in [7, 11) is 0. The summed E-state index contributed by atoms with van der Waals surface area (Å²) in [5.41, 5.74) is 3.86. The molecule has 0 radical (unpaired) electrons. The Hall–Kier alpha value is -4.08. The predicted octanol–water partition coefficient (Wildman–Crippen LogP) is 5.52. The van der Waals surface area contributed by atoms with E-state index in [1.165, 1.54) is 6.08 Å². The third-order valence-corrected chi connectivity index (χ3v) is 5.20. The lowest BCUT2D eigenvalue weighted by Gasteiger charge is -2.12. The number of ether oxygens (including phenoxy) is 1. The van der Waals surface area contributed by atoms with E-state index in [2.05, 4.69) is 10.6 Å². The highest BCUT2D eigenvalue weighted by molar-refractivity contribution is 6.32. The van der Waals surface area contributed by atoms with Crippen molar-refractivity contribution in [2.45, 2.75) is 13.8 Å². The number of anilines is 2. The Labute approximate surface area is 197 Å². The van der Waals surface area contributed by atoms with Gasteiger partial charge >= 0.3 is 0 Å². The molecule has 0 atom stereocenters. The largest absolute Gasteiger partial charge is 0.482 e. The van der Waals surface area contributed by atoms with Crippen LogP contribution < -0.4 is 15.4 Å². The first-order valence-corrected chi connectivity index (χ1v) is 10.5. The van der Waals surface area contributed by atoms with Crippen molar-refractivity contribution in [2.24, 2.45) is 0 Å². The summed E-state index contributed by atoms with van der Waals surface area (Å²) in [5, 5.41) is 15.1. The van der Waals surface area contributed by atoms with Gasteiger partial charge in [0.15, 0.2) is 6.61 Å². The zero-order chi connectivity index (χ0) is 23.8. The molecule has 0 aliphatic heterocycles. The fraction of sp³-hybridized carbons (Fsp3) is 0.115. The Balaban J connectivity index is 1.64. The first kappa shape index (κ1) is 23.6. The second-order valence-corrected chi connectivity index (χ2v) is 7.67. The van der Waals surface area contributed by atoms with Gasteiger partial charge in [-0.25, -0.2) is 0 Å². The first-order valence-electron chi connectivity index (χ1n) is 10.1. The van der Waals surface area contributed by atoms with Gasteiger partial charge in [0.05, 0.1) is 5.02 Å². The summed E-state index contributed by atoms with van der Waals surface area (Å²) in [5.74, 6) is -0.520. The monoisotopic (exact) mass is 459 g/mol. The van der Waals surface area contributed by atoms with Crippen LogP contribution in [0.1, 0.15) is 16.7 Å². The Kier molecular flexibility index (Phi) is 7.85. The van der Waals surface area contributed by atoms with Gasteiger partial charge in [0.1, 0.15) is 17.4 Å². The van der Waals surface area contributed by atoms with Crippen LogP contribution in [-0.4, -0.2) is 18.4 Å². The van der Waals surface area contributed by atoms with Gasteiger partial charge in [-0.3, -0.25) is 9.59 Å². The van der Waals surface area contributed by atoms with Crippen LogP contribution in [0.5, 0.6) is 5.75 Å². The van der Waals surface area contributed by atoms with E-state index in [0.29, 0.717) is 17.0 Å². The molecule has 3 rings (SSSR count). The summed E-state index contributed by atoms with van der Waals surface area (Å²) < 4.78 is 5.54. The molecule has 0 fully saturated rings. The van der Waals surface area contributed by atoms with Crippen molar-refractivity contribution in [3.63, 3.8) is 0 Å². The maximum Gasteiger partial charge on any atom is 0.266 e. The number of nitrogens with zero attached hydrogens (tertiary/aromatic N) is 1. The lowest BCUT2D eigenvalue weighted by Crippen LogP contribution is -2.20. The number of amides is 2. The Morgan fingerprint density at radius 3 is 2.48 bits per heavy atom. The number of halogens is 1. The summed E-state index contributed by atoms with van der Waals surface area (Å²) in [6, 6.07) is 21.2. The number of para-hydroxylation sites is 1. The zero-order valence-electron chi connectivity index (χ0n) is 18.2. The van der Waals surface area contributed by atoms with Crippen LogP contribution in [0.15, 0.2) is 72.3 Å². The van der Waals surface area contributed by atoms with Crippen molar-refractivity contribution in [3.05, 3.63) is 94.0 Å². The van der Waals surface area contributed by atoms with Crippen LogP contribution in [-0.2, 0) is 9.59 Å². The lowest BCUT2D eigenvalue weighted by atomic mass is 10.1. The van der Waals surface area contributed by atoms with Crippen LogP contribution in [0.3, 0.4) is 0 Å². The zero-order valence-corrected chi connectivity index (χ0v) is 18.9. The molecule has 0 saturated heterocycles. The van der Waals surface area contributed by atoms with E-state index in [1.807, 2.05) is 44.2 Å². The number of rotatable bonds is 7. The van der Waals surface area contributed by atoms with Gasteiger partial charge in [-0.1, -0.05) is 48.0 Å². The third kappa shape index (κ3) is 6.45. The van der Waals surface area contributed by atoms with Gasteiger partial charge in [-0.2, -0.15) is 5.26 Å². The molecule has 0 aromatic heterocycles. The first-order chi connectivity index (χ1) is 15.9. The van der Waals surface area contributed by atoms with E-state index >= 15 is 0 Å². The smallest absolute Gasteiger partial charge is 0.266 e. The molecule has 3 aromatic rings. The number of nitrogens with one attached hydrogen (secondary N) is 2. The van der Waals surface area contributed by atoms with E-state index < -0.39 is 5.91 Å². The maximum absolute atomic E-state index is 12.4. The maximum atomic E-state index is 12.4. The van der Waals surface area contributed by atoms with Crippen LogP contribution in [0.25, 0.3) is 6.08 Å². The van der Waals surface area contributed by atoms with Crippen LogP contribution in [0.2, 0.25) is 5.02 Å². The van der Waals surface area contributed by atoms with Crippen LogP contribution in [0, 0.1) is 25.2 Å². The van der Waals surface area contributed by atoms with Crippen LogP contribution in [0.4, 0.5) is 11.4 Å². The molecule has 0 aliphatic carbocycles. The third-order valence-electron chi connectivity index (χ3n) is 4.90. The number of hydrogen-bond donors (Lipinski definition) is 2. The number of benzene rings is 3. The van der Waals surface area contributed by atoms with E-state index in [1.54, 1.807) is 42.5 Å². The summed E-state index contributed by atoms with van der Waals surface area (Å²) in [4.78, 5) is 24.6. The standard InChI is InChI=1S/C26H22ClN3O3/c1-17-7-6-10-23(18(17)2)30-25(31)16-33-24-12-11-19(14-22(24)27)13-20(15-28)26(32)29-21-8-4-3-5-9-21/h3-14H,16H2,1-2H3,(H,29,32)(H,30,31)/b20-13+. The van der Waals surface area contributed by atoms with Crippen molar-refractivity contribution in [1.29, 1.82) is 5.26 Å². The van der Waals surface area contributed by atoms with Crippen molar-refractivity contribution in [3.8, 4) is 11.8 Å². The SMILES string of the molecule is Cc1cccc(NC(=O)COc2ccc(/C=C(\C#N)C(=O)Nc3ccccc3)cc2Cl)c1C. The predicted molar refractivity (Wildman–Crippen MR) is 130 cm³/mol. The normalized spacial score (nSPS) is 10.8. The quantitative estimate of drug-likeness (QED) is 0.359. The fourth-order valence-corrected chi connectivity index (χ4v) is 3.22. The minimum absolute atomic E-state index is 0.0727. The Morgan fingerprint density at radius 1 is 1.03 bits per heavy atom. The van der Waals surface area contributed by atoms with Crippen molar-refractivity contribution < 1.29 is 14.3 Å². The number of carbonyl (C=O) groups excluding carboxylic acids is 2. The minimum Gasteiger partial charge on any atom is -0.482 e. The second-order valence-electron chi connectivity index (χ2n) is 7.26. The van der Waals surface area contributed by atoms with Crippen molar-refractivity contribution in [1.82, 2.24) is 0 Å². The summed E-state index contributed by atoms with van der Waals surface area (Å²) in [6.45, 7) is 3.69. The molecular weight excluding hydrogens is 438 g/mol. The average Bonchev–Trinajstić information content (AvgIpc) is 2.80. The molecule has 166 valence electrons. The molecule has 0 spiro atoms. The highest BCUT2D eigenvalue weighted by Gasteiger charge is 2.12. The second kappa shape index (κ2) is 11.0. The van der Waals surface area contributed by atoms with Gasteiger partial charge in [-0.15, -0.1) is 0 Å². The summed E-state index contributed by atoms with van der Waals surface area (Å²) in [6.07, 6.45) is 1.43. The van der Waals surface area contributed by atoms with Gasteiger partial charge in [-0.05, 0) is 66.9 Å². The molecule has 2 N–H and O–H groups in total. The molecule has 0 saturated carbocycles. The Bertz CT molecular complexity index is 1250. The van der Waals surface area contributed by atoms with E-state index in [-0.39, 0.29) is 23.1 Å². The Morgan fingerprint density at radius 2 is 1.79 bits per heavy atom. The number of carbonyl (C=O) groups is 2. The molecule has 7 heteroatoms. The highest BCUT2D eigenvalue weighted by Crippen LogP contribution is 2.27. The van der Waals surface area contributed by atoms with E-state index in [4.69, 9.17) is 16.3 Å². The lowest BCUT2D eigenvalue weighted by molar-refractivity contribution is -0.118. The molecule has 0 heterocycles. The molecule has 33 heavy (non-hydrogen) atoms. The topological polar surface area (TPSA) is 91.2 Å².